The Morgan fingerprint density at radius 3 is 2.31 bits per heavy atom. The zero-order valence-electron chi connectivity index (χ0n) is 29.5. The minimum atomic E-state index is -1.06. The van der Waals surface area contributed by atoms with Crippen molar-refractivity contribution < 1.29 is 29.0 Å². The second kappa shape index (κ2) is 15.6. The van der Waals surface area contributed by atoms with Crippen molar-refractivity contribution in [2.24, 2.45) is 0 Å². The lowest BCUT2D eigenvalue weighted by Crippen LogP contribution is -2.47. The third-order valence-electron chi connectivity index (χ3n) is 8.99. The molecule has 1 atom stereocenters. The monoisotopic (exact) mass is 723 g/mol. The molecule has 3 N–H and O–H groups in total. The number of likely N-dealkylation sites (tertiary alicyclic amines) is 1. The van der Waals surface area contributed by atoms with Crippen LogP contribution in [0.1, 0.15) is 29.5 Å². The first kappa shape index (κ1) is 36.0. The average molecular weight is 724 g/mol. The largest absolute Gasteiger partial charge is 0.464 e. The summed E-state index contributed by atoms with van der Waals surface area (Å²) in [5.74, 6) is -0.677. The number of hydrogen-bond donors (Lipinski definition) is 3. The van der Waals surface area contributed by atoms with E-state index in [1.807, 2.05) is 80.5 Å². The molecule has 1 aromatic heterocycles. The smallest absolute Gasteiger partial charge is 0.416 e. The lowest BCUT2D eigenvalue weighted by Gasteiger charge is -2.33. The summed E-state index contributed by atoms with van der Waals surface area (Å²) in [5.41, 5.74) is 6.31. The lowest BCUT2D eigenvalue weighted by molar-refractivity contribution is -0.135. The SMILES string of the molecule is CN(C)c1ccc2c(c1)Sc1cc(N(C)C)cc(Cc3ccc(NC(=O)[C@@H]4CCCN4C(=O)CNC(=O)OCc4ccncc4)cc3)c1N2C(=O)O. The number of rotatable bonds is 10. The first-order valence-corrected chi connectivity index (χ1v) is 17.7. The molecular formula is C38H41N7O6S. The highest BCUT2D eigenvalue weighted by Crippen LogP contribution is 2.52. The highest BCUT2D eigenvalue weighted by molar-refractivity contribution is 7.99. The van der Waals surface area contributed by atoms with Gasteiger partial charge in [0.05, 0.1) is 11.4 Å². The molecule has 0 aliphatic carbocycles. The molecule has 13 nitrogen and oxygen atoms in total. The molecule has 270 valence electrons. The van der Waals surface area contributed by atoms with Gasteiger partial charge in [0, 0.05) is 74.0 Å². The molecular weight excluding hydrogens is 683 g/mol. The van der Waals surface area contributed by atoms with Crippen LogP contribution in [-0.2, 0) is 27.4 Å². The minimum Gasteiger partial charge on any atom is -0.464 e. The number of aromatic nitrogens is 1. The van der Waals surface area contributed by atoms with Crippen molar-refractivity contribution in [1.82, 2.24) is 15.2 Å². The Morgan fingerprint density at radius 1 is 0.904 bits per heavy atom. The number of carbonyl (C=O) groups is 4. The quantitative estimate of drug-likeness (QED) is 0.180. The van der Waals surface area contributed by atoms with Crippen molar-refractivity contribution in [2.45, 2.75) is 41.7 Å². The number of hydrogen-bond acceptors (Lipinski definition) is 9. The number of benzene rings is 3. The normalized spacial score (nSPS) is 14.6. The standard InChI is InChI=1S/C38H41N7O6S/c1-42(2)28-11-12-30-32(20-28)52-33-21-29(43(3)4)19-26(35(33)45(30)38(49)50)18-24-7-9-27(10-8-24)41-36(47)31-6-5-17-44(31)34(46)22-40-37(48)51-23-25-13-15-39-16-14-25/h7-16,19-21,31H,5-6,17-18,22-23H2,1-4H3,(H,40,48)(H,41,47)(H,49,50)/t31-/m0/s1. The first-order chi connectivity index (χ1) is 25.0. The van der Waals surface area contributed by atoms with Gasteiger partial charge in [-0.25, -0.2) is 14.5 Å². The van der Waals surface area contributed by atoms with Crippen molar-refractivity contribution in [3.05, 3.63) is 95.8 Å². The number of ether oxygens (including phenoxy) is 1. The van der Waals surface area contributed by atoms with E-state index in [0.717, 1.165) is 37.9 Å². The van der Waals surface area contributed by atoms with E-state index in [2.05, 4.69) is 15.6 Å². The molecule has 14 heteroatoms. The summed E-state index contributed by atoms with van der Waals surface area (Å²) < 4.78 is 5.16. The van der Waals surface area contributed by atoms with E-state index >= 15 is 0 Å². The fourth-order valence-corrected chi connectivity index (χ4v) is 7.46. The molecule has 0 unspecified atom stereocenters. The Morgan fingerprint density at radius 2 is 1.62 bits per heavy atom. The fourth-order valence-electron chi connectivity index (χ4n) is 6.28. The summed E-state index contributed by atoms with van der Waals surface area (Å²) in [5, 5.41) is 15.9. The molecule has 1 fully saturated rings. The van der Waals surface area contributed by atoms with Crippen molar-refractivity contribution in [1.29, 1.82) is 0 Å². The van der Waals surface area contributed by atoms with Crippen LogP contribution in [0.25, 0.3) is 0 Å². The van der Waals surface area contributed by atoms with Gasteiger partial charge in [0.15, 0.2) is 0 Å². The van der Waals surface area contributed by atoms with Crippen LogP contribution in [0.2, 0.25) is 0 Å². The number of nitrogens with one attached hydrogen (secondary N) is 2. The molecule has 4 amide bonds. The molecule has 2 aliphatic rings. The van der Waals surface area contributed by atoms with Gasteiger partial charge in [0.2, 0.25) is 11.8 Å². The number of amides is 4. The maximum absolute atomic E-state index is 13.3. The van der Waals surface area contributed by atoms with Gasteiger partial charge < -0.3 is 35.2 Å². The number of anilines is 5. The van der Waals surface area contributed by atoms with Crippen molar-refractivity contribution in [3.63, 3.8) is 0 Å². The van der Waals surface area contributed by atoms with Crippen LogP contribution in [-0.4, -0.2) is 86.3 Å². The minimum absolute atomic E-state index is 0.0487. The summed E-state index contributed by atoms with van der Waals surface area (Å²) >= 11 is 1.56. The van der Waals surface area contributed by atoms with Gasteiger partial charge in [-0.05, 0) is 90.6 Å². The molecule has 0 saturated carbocycles. The van der Waals surface area contributed by atoms with Crippen LogP contribution in [0.15, 0.2) is 88.9 Å². The highest BCUT2D eigenvalue weighted by atomic mass is 32.2. The molecule has 0 bridgehead atoms. The molecule has 4 aromatic rings. The molecule has 1 saturated heterocycles. The number of pyridine rings is 1. The zero-order valence-corrected chi connectivity index (χ0v) is 30.3. The maximum Gasteiger partial charge on any atom is 0.416 e. The van der Waals surface area contributed by atoms with E-state index in [1.54, 1.807) is 48.4 Å². The van der Waals surface area contributed by atoms with Gasteiger partial charge in [-0.2, -0.15) is 0 Å². The van der Waals surface area contributed by atoms with Crippen LogP contribution < -0.4 is 25.3 Å². The molecule has 6 rings (SSSR count). The van der Waals surface area contributed by atoms with Crippen molar-refractivity contribution in [3.8, 4) is 0 Å². The summed E-state index contributed by atoms with van der Waals surface area (Å²) in [6.45, 7) is 0.173. The predicted octanol–water partition coefficient (Wildman–Crippen LogP) is 5.94. The fraction of sp³-hybridized carbons (Fsp3) is 0.289. The Bertz CT molecular complexity index is 1970. The van der Waals surface area contributed by atoms with Gasteiger partial charge in [0.25, 0.3) is 0 Å². The van der Waals surface area contributed by atoms with E-state index in [4.69, 9.17) is 4.74 Å². The summed E-state index contributed by atoms with van der Waals surface area (Å²) in [7, 11) is 7.82. The first-order valence-electron chi connectivity index (χ1n) is 16.8. The van der Waals surface area contributed by atoms with E-state index in [1.165, 1.54) is 9.80 Å². The Kier molecular flexibility index (Phi) is 10.8. The average Bonchev–Trinajstić information content (AvgIpc) is 3.63. The zero-order chi connectivity index (χ0) is 36.9. The number of carboxylic acid groups (broad SMARTS) is 1. The van der Waals surface area contributed by atoms with Crippen LogP contribution in [0, 0.1) is 0 Å². The second-order valence-corrected chi connectivity index (χ2v) is 14.1. The van der Waals surface area contributed by atoms with Gasteiger partial charge in [-0.1, -0.05) is 23.9 Å². The van der Waals surface area contributed by atoms with E-state index < -0.39 is 18.2 Å². The molecule has 0 radical (unpaired) electrons. The van der Waals surface area contributed by atoms with Crippen LogP contribution in [0.3, 0.4) is 0 Å². The topological polar surface area (TPSA) is 148 Å². The third kappa shape index (κ3) is 8.07. The van der Waals surface area contributed by atoms with Gasteiger partial charge in [0.1, 0.15) is 19.2 Å². The van der Waals surface area contributed by atoms with Crippen LogP contribution in [0.4, 0.5) is 38.0 Å². The summed E-state index contributed by atoms with van der Waals surface area (Å²) in [6, 6.07) is 20.0. The molecule has 3 aromatic carbocycles. The van der Waals surface area contributed by atoms with Gasteiger partial charge >= 0.3 is 12.2 Å². The highest BCUT2D eigenvalue weighted by Gasteiger charge is 2.35. The summed E-state index contributed by atoms with van der Waals surface area (Å²) in [6.07, 6.45) is 3.04. The number of carbonyl (C=O) groups excluding carboxylic acids is 3. The Hall–Kier alpha value is -5.76. The van der Waals surface area contributed by atoms with Crippen LogP contribution in [0.5, 0.6) is 0 Å². The predicted molar refractivity (Wildman–Crippen MR) is 201 cm³/mol. The second-order valence-electron chi connectivity index (χ2n) is 13.0. The number of nitrogens with zero attached hydrogens (tertiary/aromatic N) is 5. The number of alkyl carbamates (subject to hydrolysis) is 1. The number of fused-ring (bicyclic) bond motifs is 2. The third-order valence-corrected chi connectivity index (χ3v) is 10.1. The maximum atomic E-state index is 13.3. The van der Waals surface area contributed by atoms with E-state index in [9.17, 15) is 24.3 Å². The molecule has 3 heterocycles. The van der Waals surface area contributed by atoms with Crippen molar-refractivity contribution in [2.75, 3.05) is 61.3 Å². The van der Waals surface area contributed by atoms with Crippen molar-refractivity contribution >= 4 is 64.2 Å². The lowest BCUT2D eigenvalue weighted by atomic mass is 10.0. The summed E-state index contributed by atoms with van der Waals surface area (Å²) in [4.78, 5) is 63.7. The van der Waals surface area contributed by atoms with E-state index in [0.29, 0.717) is 42.9 Å². The molecule has 52 heavy (non-hydrogen) atoms. The van der Waals surface area contributed by atoms with E-state index in [-0.39, 0.29) is 25.0 Å². The van der Waals surface area contributed by atoms with Crippen LogP contribution >= 0.6 is 11.8 Å². The molecule has 0 spiro atoms. The molecule has 2 aliphatic heterocycles. The van der Waals surface area contributed by atoms with Gasteiger partial charge in [-0.3, -0.25) is 14.6 Å². The Labute approximate surface area is 306 Å². The Balaban J connectivity index is 1.12. The van der Waals surface area contributed by atoms with Gasteiger partial charge in [-0.15, -0.1) is 0 Å².